The van der Waals surface area contributed by atoms with Gasteiger partial charge in [0, 0.05) is 0 Å². The zero-order chi connectivity index (χ0) is 10.3. The monoisotopic (exact) mass is 190 g/mol. The highest BCUT2D eigenvalue weighted by molar-refractivity contribution is 5.44. The van der Waals surface area contributed by atoms with Gasteiger partial charge in [0.25, 0.3) is 0 Å². The first-order chi connectivity index (χ1) is 6.61. The molecule has 0 radical (unpaired) electrons. The Morgan fingerprint density at radius 2 is 1.64 bits per heavy atom. The van der Waals surface area contributed by atoms with Crippen LogP contribution in [0, 0.1) is 13.8 Å². The van der Waals surface area contributed by atoms with Gasteiger partial charge < -0.3 is 5.11 Å². The fourth-order valence-electron chi connectivity index (χ4n) is 2.65. The Morgan fingerprint density at radius 3 is 2.21 bits per heavy atom. The van der Waals surface area contributed by atoms with E-state index < -0.39 is 0 Å². The van der Waals surface area contributed by atoms with E-state index in [1.165, 1.54) is 22.3 Å². The Bertz CT molecular complexity index is 319. The second-order valence-corrected chi connectivity index (χ2v) is 4.52. The van der Waals surface area contributed by atoms with Crippen molar-refractivity contribution in [2.45, 2.75) is 45.6 Å². The summed E-state index contributed by atoms with van der Waals surface area (Å²) in [6.07, 6.45) is 1.79. The Hall–Kier alpha value is -0.820. The SMILES string of the molecule is Cc1ccc(C)c2c1C(C)CC[C@H]2O. The van der Waals surface area contributed by atoms with E-state index in [0.29, 0.717) is 5.92 Å². The predicted octanol–water partition coefficient (Wildman–Crippen LogP) is 3.23. The largest absolute Gasteiger partial charge is 0.388 e. The number of benzene rings is 1. The molecule has 0 fully saturated rings. The molecule has 1 unspecified atom stereocenters. The number of rotatable bonds is 0. The summed E-state index contributed by atoms with van der Waals surface area (Å²) in [7, 11) is 0. The molecule has 1 aliphatic rings. The molecule has 0 heterocycles. The molecule has 1 aliphatic carbocycles. The van der Waals surface area contributed by atoms with E-state index in [9.17, 15) is 5.11 Å². The molecule has 76 valence electrons. The van der Waals surface area contributed by atoms with E-state index in [1.807, 2.05) is 0 Å². The first-order valence-corrected chi connectivity index (χ1v) is 5.39. The quantitative estimate of drug-likeness (QED) is 0.666. The highest BCUT2D eigenvalue weighted by Crippen LogP contribution is 2.40. The number of aliphatic hydroxyl groups is 1. The minimum Gasteiger partial charge on any atom is -0.388 e. The summed E-state index contributed by atoms with van der Waals surface area (Å²) >= 11 is 0. The van der Waals surface area contributed by atoms with E-state index >= 15 is 0 Å². The number of aryl methyl sites for hydroxylation is 2. The van der Waals surface area contributed by atoms with E-state index in [-0.39, 0.29) is 6.10 Å². The van der Waals surface area contributed by atoms with E-state index in [2.05, 4.69) is 32.9 Å². The lowest BCUT2D eigenvalue weighted by atomic mass is 9.78. The second-order valence-electron chi connectivity index (χ2n) is 4.52. The second kappa shape index (κ2) is 3.39. The van der Waals surface area contributed by atoms with Gasteiger partial charge in [-0.1, -0.05) is 19.1 Å². The molecule has 1 N–H and O–H groups in total. The predicted molar refractivity (Wildman–Crippen MR) is 58.5 cm³/mol. The van der Waals surface area contributed by atoms with Crippen LogP contribution in [0.1, 0.15) is 54.0 Å². The fourth-order valence-corrected chi connectivity index (χ4v) is 2.65. The highest BCUT2D eigenvalue weighted by atomic mass is 16.3. The fraction of sp³-hybridized carbons (Fsp3) is 0.538. The molecule has 14 heavy (non-hydrogen) atoms. The maximum atomic E-state index is 9.98. The van der Waals surface area contributed by atoms with Crippen LogP contribution in [-0.2, 0) is 0 Å². The molecule has 2 atom stereocenters. The lowest BCUT2D eigenvalue weighted by Gasteiger charge is -2.29. The van der Waals surface area contributed by atoms with Crippen LogP contribution < -0.4 is 0 Å². The molecule has 1 nitrogen and oxygen atoms in total. The van der Waals surface area contributed by atoms with E-state index in [0.717, 1.165) is 12.8 Å². The van der Waals surface area contributed by atoms with Gasteiger partial charge in [-0.25, -0.2) is 0 Å². The van der Waals surface area contributed by atoms with Crippen LogP contribution in [0.3, 0.4) is 0 Å². The summed E-state index contributed by atoms with van der Waals surface area (Å²) in [5, 5.41) is 9.98. The van der Waals surface area contributed by atoms with Crippen LogP contribution >= 0.6 is 0 Å². The Labute approximate surface area is 85.8 Å². The summed E-state index contributed by atoms with van der Waals surface area (Å²) in [4.78, 5) is 0. The van der Waals surface area contributed by atoms with Crippen molar-refractivity contribution >= 4 is 0 Å². The van der Waals surface area contributed by atoms with Crippen LogP contribution in [-0.4, -0.2) is 5.11 Å². The maximum absolute atomic E-state index is 9.98. The summed E-state index contributed by atoms with van der Waals surface area (Å²) < 4.78 is 0. The summed E-state index contributed by atoms with van der Waals surface area (Å²) in [6, 6.07) is 4.29. The van der Waals surface area contributed by atoms with Crippen LogP contribution in [0.4, 0.5) is 0 Å². The molecular formula is C13H18O. The minimum atomic E-state index is -0.235. The van der Waals surface area contributed by atoms with Crippen molar-refractivity contribution < 1.29 is 5.11 Å². The Morgan fingerprint density at radius 1 is 1.07 bits per heavy atom. The van der Waals surface area contributed by atoms with Crippen LogP contribution in [0.2, 0.25) is 0 Å². The first-order valence-electron chi connectivity index (χ1n) is 5.39. The minimum absolute atomic E-state index is 0.235. The Kier molecular flexibility index (Phi) is 2.36. The molecule has 0 saturated heterocycles. The van der Waals surface area contributed by atoms with E-state index in [1.54, 1.807) is 0 Å². The van der Waals surface area contributed by atoms with Gasteiger partial charge in [0.1, 0.15) is 0 Å². The van der Waals surface area contributed by atoms with Crippen molar-refractivity contribution in [3.63, 3.8) is 0 Å². The summed E-state index contributed by atoms with van der Waals surface area (Å²) in [5.41, 5.74) is 5.16. The molecule has 0 aromatic heterocycles. The molecule has 0 spiro atoms. The lowest BCUT2D eigenvalue weighted by Crippen LogP contribution is -2.15. The molecule has 0 amide bonds. The molecular weight excluding hydrogens is 172 g/mol. The highest BCUT2D eigenvalue weighted by Gasteiger charge is 2.25. The number of hydrogen-bond donors (Lipinski definition) is 1. The first kappa shape index (κ1) is 9.72. The van der Waals surface area contributed by atoms with Gasteiger partial charge >= 0.3 is 0 Å². The molecule has 1 aromatic rings. The molecule has 0 saturated carbocycles. The lowest BCUT2D eigenvalue weighted by molar-refractivity contribution is 0.150. The van der Waals surface area contributed by atoms with Crippen molar-refractivity contribution in [1.29, 1.82) is 0 Å². The van der Waals surface area contributed by atoms with Crippen LogP contribution in [0.25, 0.3) is 0 Å². The van der Waals surface area contributed by atoms with Gasteiger partial charge in [0.2, 0.25) is 0 Å². The normalized spacial score (nSPS) is 26.0. The van der Waals surface area contributed by atoms with Gasteiger partial charge in [0.05, 0.1) is 6.10 Å². The third-order valence-corrected chi connectivity index (χ3v) is 3.42. The summed E-state index contributed by atoms with van der Waals surface area (Å²) in [6.45, 7) is 6.50. The van der Waals surface area contributed by atoms with Gasteiger partial charge in [-0.3, -0.25) is 0 Å². The Balaban J connectivity index is 2.65. The molecule has 0 bridgehead atoms. The number of fused-ring (bicyclic) bond motifs is 1. The van der Waals surface area contributed by atoms with Crippen molar-refractivity contribution in [1.82, 2.24) is 0 Å². The molecule has 1 aromatic carbocycles. The average Bonchev–Trinajstić information content (AvgIpc) is 2.16. The van der Waals surface area contributed by atoms with Crippen LogP contribution in [0.15, 0.2) is 12.1 Å². The smallest absolute Gasteiger partial charge is 0.0795 e. The van der Waals surface area contributed by atoms with E-state index in [4.69, 9.17) is 0 Å². The number of hydrogen-bond acceptors (Lipinski definition) is 1. The third-order valence-electron chi connectivity index (χ3n) is 3.42. The molecule has 2 rings (SSSR count). The van der Waals surface area contributed by atoms with Gasteiger partial charge in [-0.2, -0.15) is 0 Å². The number of aliphatic hydroxyl groups excluding tert-OH is 1. The van der Waals surface area contributed by atoms with Crippen molar-refractivity contribution in [3.05, 3.63) is 34.4 Å². The maximum Gasteiger partial charge on any atom is 0.0795 e. The summed E-state index contributed by atoms with van der Waals surface area (Å²) in [5.74, 6) is 0.605. The van der Waals surface area contributed by atoms with Gasteiger partial charge in [-0.15, -0.1) is 0 Å². The van der Waals surface area contributed by atoms with Gasteiger partial charge in [-0.05, 0) is 54.9 Å². The zero-order valence-corrected chi connectivity index (χ0v) is 9.17. The standard InChI is InChI=1S/C13H18O/c1-8-4-5-10(3)13-11(14)7-6-9(2)12(8)13/h4-5,9,11,14H,6-7H2,1-3H3/t9?,11-/m1/s1. The van der Waals surface area contributed by atoms with Crippen molar-refractivity contribution in [3.8, 4) is 0 Å². The molecule has 1 heteroatoms. The zero-order valence-electron chi connectivity index (χ0n) is 9.17. The average molecular weight is 190 g/mol. The third kappa shape index (κ3) is 1.36. The topological polar surface area (TPSA) is 20.2 Å². The van der Waals surface area contributed by atoms with Crippen molar-refractivity contribution in [2.75, 3.05) is 0 Å². The van der Waals surface area contributed by atoms with Crippen LogP contribution in [0.5, 0.6) is 0 Å². The van der Waals surface area contributed by atoms with Gasteiger partial charge in [0.15, 0.2) is 0 Å². The molecule has 0 aliphatic heterocycles. The van der Waals surface area contributed by atoms with Crippen molar-refractivity contribution in [2.24, 2.45) is 0 Å².